The van der Waals surface area contributed by atoms with E-state index in [0.29, 0.717) is 34.0 Å². The van der Waals surface area contributed by atoms with E-state index in [1.807, 2.05) is 24.6 Å². The second-order valence-electron chi connectivity index (χ2n) is 8.26. The second-order valence-corrected chi connectivity index (χ2v) is 8.67. The summed E-state index contributed by atoms with van der Waals surface area (Å²) in [6.45, 7) is 17.7. The highest BCUT2D eigenvalue weighted by atomic mass is 35.5. The van der Waals surface area contributed by atoms with Gasteiger partial charge in [-0.15, -0.1) is 0 Å². The first-order valence-electron chi connectivity index (χ1n) is 10.3. The zero-order chi connectivity index (χ0) is 22.4. The van der Waals surface area contributed by atoms with Gasteiger partial charge in [0.1, 0.15) is 17.9 Å². The van der Waals surface area contributed by atoms with E-state index in [2.05, 4.69) is 38.7 Å². The summed E-state index contributed by atoms with van der Waals surface area (Å²) in [7, 11) is 1.64. The predicted octanol–water partition coefficient (Wildman–Crippen LogP) is 4.35. The molecule has 4 rings (SSSR count). The van der Waals surface area contributed by atoms with Gasteiger partial charge in [-0.2, -0.15) is 5.10 Å². The number of nitrogens with zero attached hydrogens (tertiary/aromatic N) is 6. The lowest BCUT2D eigenvalue weighted by Crippen LogP contribution is -2.48. The third-order valence-electron chi connectivity index (χ3n) is 6.14. The Kier molecular flexibility index (Phi) is 5.50. The number of rotatable bonds is 5. The molecule has 2 aromatic heterocycles. The van der Waals surface area contributed by atoms with E-state index in [1.54, 1.807) is 7.11 Å². The van der Waals surface area contributed by atoms with Crippen molar-refractivity contribution in [1.29, 1.82) is 0 Å². The summed E-state index contributed by atoms with van der Waals surface area (Å²) < 4.78 is 7.71. The van der Waals surface area contributed by atoms with Crippen LogP contribution in [0.4, 0.5) is 11.5 Å². The number of aromatic nitrogens is 4. The fraction of sp³-hybridized carbons (Fsp3) is 0.455. The van der Waals surface area contributed by atoms with Gasteiger partial charge < -0.3 is 10.5 Å². The molecule has 31 heavy (non-hydrogen) atoms. The maximum Gasteiger partial charge on any atom is 0.212 e. The smallest absolute Gasteiger partial charge is 0.212 e. The van der Waals surface area contributed by atoms with Crippen molar-refractivity contribution in [3.05, 3.63) is 45.7 Å². The normalized spacial score (nSPS) is 15.8. The third-order valence-corrected chi connectivity index (χ3v) is 6.43. The maximum atomic E-state index is 7.72. The van der Waals surface area contributed by atoms with Crippen molar-refractivity contribution in [3.63, 3.8) is 0 Å². The molecule has 1 unspecified atom stereocenters. The van der Waals surface area contributed by atoms with Gasteiger partial charge >= 0.3 is 0 Å². The van der Waals surface area contributed by atoms with Crippen LogP contribution in [0.2, 0.25) is 5.02 Å². The minimum atomic E-state index is -0.238. The summed E-state index contributed by atoms with van der Waals surface area (Å²) in [5.74, 6) is 1.29. The molecule has 9 heteroatoms. The number of hydrogen-bond acceptors (Lipinski definition) is 6. The van der Waals surface area contributed by atoms with E-state index in [0.717, 1.165) is 35.3 Å². The van der Waals surface area contributed by atoms with E-state index in [9.17, 15) is 0 Å². The molecule has 0 radical (unpaired) electrons. The summed E-state index contributed by atoms with van der Waals surface area (Å²) in [6.07, 6.45) is 1.44. The first-order valence-corrected chi connectivity index (χ1v) is 10.6. The SMILES string of the molecule is [C-]#[N+]c1c(Cl)cc(C(C)n2nc(C)c3c(N)ncnc32)c(OC)c1C1CN(C(C)C)C1. The van der Waals surface area contributed by atoms with Gasteiger partial charge in [0, 0.05) is 41.2 Å². The quantitative estimate of drug-likeness (QED) is 0.595. The Balaban J connectivity index is 1.86. The molecule has 0 saturated carbocycles. The zero-order valence-electron chi connectivity index (χ0n) is 18.3. The van der Waals surface area contributed by atoms with E-state index in [1.165, 1.54) is 6.33 Å². The second kappa shape index (κ2) is 7.98. The van der Waals surface area contributed by atoms with Crippen LogP contribution in [0.5, 0.6) is 5.75 Å². The molecule has 1 fully saturated rings. The average Bonchev–Trinajstić information content (AvgIpc) is 3.03. The molecular weight excluding hydrogens is 414 g/mol. The summed E-state index contributed by atoms with van der Waals surface area (Å²) in [5, 5.41) is 5.85. The molecule has 1 aromatic carbocycles. The van der Waals surface area contributed by atoms with Crippen molar-refractivity contribution in [2.45, 2.75) is 45.7 Å². The van der Waals surface area contributed by atoms with Gasteiger partial charge in [-0.3, -0.25) is 4.90 Å². The van der Waals surface area contributed by atoms with E-state index in [4.69, 9.17) is 28.6 Å². The summed E-state index contributed by atoms with van der Waals surface area (Å²) in [5.41, 5.74) is 9.69. The molecular formula is C22H26ClN7O. The minimum absolute atomic E-state index is 0.195. The number of anilines is 1. The van der Waals surface area contributed by atoms with Crippen LogP contribution in [-0.4, -0.2) is 50.9 Å². The molecule has 1 atom stereocenters. The largest absolute Gasteiger partial charge is 0.497 e. The highest BCUT2D eigenvalue weighted by Gasteiger charge is 2.36. The fourth-order valence-electron chi connectivity index (χ4n) is 4.38. The highest BCUT2D eigenvalue weighted by molar-refractivity contribution is 6.33. The Bertz CT molecular complexity index is 1190. The lowest BCUT2D eigenvalue weighted by molar-refractivity contribution is 0.109. The monoisotopic (exact) mass is 439 g/mol. The number of nitrogen functional groups attached to an aromatic ring is 1. The summed E-state index contributed by atoms with van der Waals surface area (Å²) >= 11 is 6.61. The topological polar surface area (TPSA) is 86.5 Å². The van der Waals surface area contributed by atoms with Crippen LogP contribution in [0.15, 0.2) is 12.4 Å². The van der Waals surface area contributed by atoms with Crippen LogP contribution >= 0.6 is 11.6 Å². The first-order chi connectivity index (χ1) is 14.8. The number of nitrogens with two attached hydrogens (primary N) is 1. The van der Waals surface area contributed by atoms with E-state index in [-0.39, 0.29) is 12.0 Å². The van der Waals surface area contributed by atoms with Crippen molar-refractivity contribution in [2.24, 2.45) is 0 Å². The molecule has 0 aliphatic carbocycles. The number of methoxy groups -OCH3 is 1. The Morgan fingerprint density at radius 1 is 1.29 bits per heavy atom. The van der Waals surface area contributed by atoms with Crippen molar-refractivity contribution in [1.82, 2.24) is 24.6 Å². The first kappa shape index (κ1) is 21.3. The summed E-state index contributed by atoms with van der Waals surface area (Å²) in [4.78, 5) is 14.6. The van der Waals surface area contributed by atoms with Gasteiger partial charge in [0.15, 0.2) is 5.65 Å². The van der Waals surface area contributed by atoms with Crippen LogP contribution in [0, 0.1) is 13.5 Å². The Morgan fingerprint density at radius 2 is 2.00 bits per heavy atom. The predicted molar refractivity (Wildman–Crippen MR) is 122 cm³/mol. The molecule has 1 aliphatic heterocycles. The molecule has 0 spiro atoms. The summed E-state index contributed by atoms with van der Waals surface area (Å²) in [6, 6.07) is 2.03. The standard InChI is InChI=1S/C22H26ClN7O/c1-11(2)29-8-14(9-29)18-19(25-5)16(23)7-15(20(18)31-6)13(4)30-22-17(12(3)28-30)21(24)26-10-27-22/h7,10-11,13-14H,8-9H2,1-4,6H3,(H2,24,26,27). The van der Waals surface area contributed by atoms with Crippen molar-refractivity contribution in [3.8, 4) is 5.75 Å². The molecule has 1 saturated heterocycles. The number of hydrogen-bond donors (Lipinski definition) is 1. The molecule has 1 aliphatic rings. The van der Waals surface area contributed by atoms with Gasteiger partial charge in [0.2, 0.25) is 5.69 Å². The molecule has 0 bridgehead atoms. The minimum Gasteiger partial charge on any atom is -0.497 e. The van der Waals surface area contributed by atoms with Crippen molar-refractivity contribution < 1.29 is 4.74 Å². The van der Waals surface area contributed by atoms with Crippen molar-refractivity contribution in [2.75, 3.05) is 25.9 Å². The van der Waals surface area contributed by atoms with Gasteiger partial charge in [-0.1, -0.05) is 11.6 Å². The van der Waals surface area contributed by atoms with Gasteiger partial charge in [-0.25, -0.2) is 19.5 Å². The fourth-order valence-corrected chi connectivity index (χ4v) is 4.64. The Hall–Kier alpha value is -2.89. The number of aryl methyl sites for hydroxylation is 1. The van der Waals surface area contributed by atoms with Crippen LogP contribution in [0.3, 0.4) is 0 Å². The number of ether oxygens (including phenoxy) is 1. The Labute approximate surface area is 186 Å². The van der Waals surface area contributed by atoms with E-state index < -0.39 is 0 Å². The highest BCUT2D eigenvalue weighted by Crippen LogP contribution is 2.48. The molecule has 162 valence electrons. The molecule has 8 nitrogen and oxygen atoms in total. The molecule has 3 aromatic rings. The molecule has 2 N–H and O–H groups in total. The lowest BCUT2D eigenvalue weighted by atomic mass is 9.86. The number of halogens is 1. The van der Waals surface area contributed by atoms with Crippen LogP contribution in [0.25, 0.3) is 15.9 Å². The lowest BCUT2D eigenvalue weighted by Gasteiger charge is -2.43. The average molecular weight is 440 g/mol. The van der Waals surface area contributed by atoms with E-state index >= 15 is 0 Å². The zero-order valence-corrected chi connectivity index (χ0v) is 19.1. The van der Waals surface area contributed by atoms with Crippen LogP contribution < -0.4 is 10.5 Å². The Morgan fingerprint density at radius 3 is 2.61 bits per heavy atom. The van der Waals surface area contributed by atoms with Crippen molar-refractivity contribution >= 4 is 34.1 Å². The number of fused-ring (bicyclic) bond motifs is 1. The molecule has 3 heterocycles. The van der Waals surface area contributed by atoms with Gasteiger partial charge in [0.05, 0.1) is 30.8 Å². The number of likely N-dealkylation sites (tertiary alicyclic amines) is 1. The van der Waals surface area contributed by atoms with Crippen LogP contribution in [-0.2, 0) is 0 Å². The third kappa shape index (κ3) is 3.38. The van der Waals surface area contributed by atoms with Crippen LogP contribution in [0.1, 0.15) is 49.6 Å². The molecule has 0 amide bonds. The van der Waals surface area contributed by atoms with Gasteiger partial charge in [-0.05, 0) is 33.8 Å². The number of benzene rings is 1. The van der Waals surface area contributed by atoms with Gasteiger partial charge in [0.25, 0.3) is 0 Å². The maximum absolute atomic E-state index is 7.72.